The third-order valence-electron chi connectivity index (χ3n) is 4.81. The topological polar surface area (TPSA) is 83.7 Å². The van der Waals surface area contributed by atoms with Crippen LogP contribution in [0.15, 0.2) is 40.8 Å². The third kappa shape index (κ3) is 2.89. The second-order valence-electron chi connectivity index (χ2n) is 6.53. The first-order valence-electron chi connectivity index (χ1n) is 8.34. The number of anilines is 1. The van der Waals surface area contributed by atoms with E-state index < -0.39 is 5.60 Å². The van der Waals surface area contributed by atoms with Crippen molar-refractivity contribution in [3.05, 3.63) is 36.4 Å². The molecule has 6 nitrogen and oxygen atoms in total. The fourth-order valence-electron chi connectivity index (χ4n) is 3.19. The van der Waals surface area contributed by atoms with Gasteiger partial charge in [0.15, 0.2) is 0 Å². The molecule has 130 valence electrons. The van der Waals surface area contributed by atoms with E-state index in [1.807, 2.05) is 30.3 Å². The van der Waals surface area contributed by atoms with Crippen molar-refractivity contribution in [1.29, 1.82) is 0 Å². The molecule has 2 aromatic carbocycles. The number of carbonyl (C=O) groups excluding carboxylic acids is 1. The smallest absolute Gasteiger partial charge is 0.319 e. The lowest BCUT2D eigenvalue weighted by Crippen LogP contribution is -2.48. The molecule has 1 aliphatic carbocycles. The third-order valence-corrected chi connectivity index (χ3v) is 4.81. The molecule has 1 aliphatic rings. The van der Waals surface area contributed by atoms with Gasteiger partial charge in [0.05, 0.1) is 18.4 Å². The zero-order chi connectivity index (χ0) is 17.4. The minimum atomic E-state index is -0.760. The van der Waals surface area contributed by atoms with Crippen LogP contribution in [0.25, 0.3) is 21.9 Å². The predicted molar refractivity (Wildman–Crippen MR) is 96.1 cm³/mol. The number of furan rings is 1. The molecular weight excluding hydrogens is 320 g/mol. The maximum atomic E-state index is 12.2. The van der Waals surface area contributed by atoms with Crippen LogP contribution in [0.3, 0.4) is 0 Å². The number of hydrogen-bond donors (Lipinski definition) is 3. The lowest BCUT2D eigenvalue weighted by molar-refractivity contribution is -0.0287. The predicted octanol–water partition coefficient (Wildman–Crippen LogP) is 3.63. The van der Waals surface area contributed by atoms with Crippen molar-refractivity contribution < 1.29 is 19.1 Å². The van der Waals surface area contributed by atoms with E-state index in [0.29, 0.717) is 17.0 Å². The molecule has 1 aromatic heterocycles. The van der Waals surface area contributed by atoms with E-state index in [1.165, 1.54) is 0 Å². The first kappa shape index (κ1) is 15.8. The summed E-state index contributed by atoms with van der Waals surface area (Å²) in [4.78, 5) is 12.2. The standard InChI is InChI=1S/C19H20N2O4/c1-24-17-9-13-12-5-2-3-6-15(12)25-16(13)10-14(17)21-18(22)20-11-19(23)7-4-8-19/h2-3,5-6,9-10,23H,4,7-8,11H2,1H3,(H2,20,21,22). The summed E-state index contributed by atoms with van der Waals surface area (Å²) in [5.41, 5.74) is 1.22. The van der Waals surface area contributed by atoms with Crippen LogP contribution in [0.1, 0.15) is 19.3 Å². The highest BCUT2D eigenvalue weighted by Gasteiger charge is 2.34. The van der Waals surface area contributed by atoms with E-state index in [-0.39, 0.29) is 12.6 Å². The quantitative estimate of drug-likeness (QED) is 0.677. The Hall–Kier alpha value is -2.73. The summed E-state index contributed by atoms with van der Waals surface area (Å²) in [6.07, 6.45) is 2.44. The summed E-state index contributed by atoms with van der Waals surface area (Å²) in [6.45, 7) is 0.244. The van der Waals surface area contributed by atoms with Crippen LogP contribution in [0, 0.1) is 0 Å². The maximum Gasteiger partial charge on any atom is 0.319 e. The van der Waals surface area contributed by atoms with E-state index in [9.17, 15) is 9.90 Å². The number of aliphatic hydroxyl groups is 1. The number of benzene rings is 2. The van der Waals surface area contributed by atoms with Crippen molar-refractivity contribution in [3.8, 4) is 5.75 Å². The highest BCUT2D eigenvalue weighted by molar-refractivity contribution is 6.07. The van der Waals surface area contributed by atoms with Gasteiger partial charge >= 0.3 is 6.03 Å². The summed E-state index contributed by atoms with van der Waals surface area (Å²) in [6, 6.07) is 11.0. The highest BCUT2D eigenvalue weighted by atomic mass is 16.5. The average molecular weight is 340 g/mol. The number of urea groups is 1. The van der Waals surface area contributed by atoms with Crippen LogP contribution in [-0.4, -0.2) is 30.4 Å². The summed E-state index contributed by atoms with van der Waals surface area (Å²) in [5.74, 6) is 0.552. The molecule has 1 fully saturated rings. The van der Waals surface area contributed by atoms with Crippen LogP contribution >= 0.6 is 0 Å². The molecule has 0 atom stereocenters. The van der Waals surface area contributed by atoms with Gasteiger partial charge in [0.25, 0.3) is 0 Å². The second kappa shape index (κ2) is 5.97. The monoisotopic (exact) mass is 340 g/mol. The molecule has 6 heteroatoms. The van der Waals surface area contributed by atoms with Gasteiger partial charge in [-0.3, -0.25) is 0 Å². The Morgan fingerprint density at radius 1 is 1.24 bits per heavy atom. The van der Waals surface area contributed by atoms with Crippen molar-refractivity contribution in [2.24, 2.45) is 0 Å². The van der Waals surface area contributed by atoms with Crippen molar-refractivity contribution in [3.63, 3.8) is 0 Å². The normalized spacial score (nSPS) is 15.8. The van der Waals surface area contributed by atoms with Crippen LogP contribution in [-0.2, 0) is 0 Å². The number of rotatable bonds is 4. The number of carbonyl (C=O) groups is 1. The molecule has 0 aliphatic heterocycles. The van der Waals surface area contributed by atoms with Crippen molar-refractivity contribution in [2.45, 2.75) is 24.9 Å². The Balaban J connectivity index is 1.59. The molecule has 1 heterocycles. The summed E-state index contributed by atoms with van der Waals surface area (Å²) >= 11 is 0. The summed E-state index contributed by atoms with van der Waals surface area (Å²) in [7, 11) is 1.56. The SMILES string of the molecule is COc1cc2c(cc1NC(=O)NCC1(O)CCC1)oc1ccccc12. The van der Waals surface area contributed by atoms with Gasteiger partial charge in [-0.05, 0) is 31.4 Å². The number of nitrogens with one attached hydrogen (secondary N) is 2. The van der Waals surface area contributed by atoms with E-state index in [2.05, 4.69) is 10.6 Å². The maximum absolute atomic E-state index is 12.2. The molecule has 3 N–H and O–H groups in total. The lowest BCUT2D eigenvalue weighted by atomic mass is 9.80. The lowest BCUT2D eigenvalue weighted by Gasteiger charge is -2.36. The number of ether oxygens (including phenoxy) is 1. The minimum Gasteiger partial charge on any atom is -0.495 e. The number of amides is 2. The van der Waals surface area contributed by atoms with Gasteiger partial charge in [-0.25, -0.2) is 4.79 Å². The largest absolute Gasteiger partial charge is 0.495 e. The molecule has 0 saturated heterocycles. The van der Waals surface area contributed by atoms with Gasteiger partial charge in [-0.2, -0.15) is 0 Å². The zero-order valence-electron chi connectivity index (χ0n) is 14.0. The van der Waals surface area contributed by atoms with E-state index in [0.717, 1.165) is 35.6 Å². The fourth-order valence-corrected chi connectivity index (χ4v) is 3.19. The van der Waals surface area contributed by atoms with E-state index in [4.69, 9.17) is 9.15 Å². The van der Waals surface area contributed by atoms with Gasteiger partial charge in [0, 0.05) is 23.4 Å². The molecule has 1 saturated carbocycles. The fraction of sp³-hybridized carbons (Fsp3) is 0.316. The Kier molecular flexibility index (Phi) is 3.77. The van der Waals surface area contributed by atoms with Crippen LogP contribution in [0.5, 0.6) is 5.75 Å². The molecule has 0 spiro atoms. The van der Waals surface area contributed by atoms with Gasteiger partial charge < -0.3 is 24.9 Å². The molecular formula is C19H20N2O4. The van der Waals surface area contributed by atoms with Crippen molar-refractivity contribution in [1.82, 2.24) is 5.32 Å². The Labute approximate surface area is 144 Å². The van der Waals surface area contributed by atoms with Gasteiger partial charge in [0.1, 0.15) is 16.9 Å². The number of hydrogen-bond acceptors (Lipinski definition) is 4. The molecule has 0 bridgehead atoms. The van der Waals surface area contributed by atoms with Crippen LogP contribution in [0.4, 0.5) is 10.5 Å². The minimum absolute atomic E-state index is 0.244. The number of para-hydroxylation sites is 1. The summed E-state index contributed by atoms with van der Waals surface area (Å²) in [5, 5.41) is 17.5. The molecule has 3 aromatic rings. The number of methoxy groups -OCH3 is 1. The first-order chi connectivity index (χ1) is 12.1. The van der Waals surface area contributed by atoms with Gasteiger partial charge in [-0.15, -0.1) is 0 Å². The second-order valence-corrected chi connectivity index (χ2v) is 6.53. The molecule has 4 rings (SSSR count). The van der Waals surface area contributed by atoms with Crippen molar-refractivity contribution in [2.75, 3.05) is 19.0 Å². The van der Waals surface area contributed by atoms with E-state index >= 15 is 0 Å². The molecule has 0 unspecified atom stereocenters. The Morgan fingerprint density at radius 3 is 2.76 bits per heavy atom. The molecule has 0 radical (unpaired) electrons. The molecule has 25 heavy (non-hydrogen) atoms. The Bertz CT molecular complexity index is 943. The molecule has 2 amide bonds. The average Bonchev–Trinajstić information content (AvgIpc) is 2.95. The number of fused-ring (bicyclic) bond motifs is 3. The highest BCUT2D eigenvalue weighted by Crippen LogP contribution is 2.36. The van der Waals surface area contributed by atoms with Crippen molar-refractivity contribution >= 4 is 33.7 Å². The Morgan fingerprint density at radius 2 is 2.04 bits per heavy atom. The van der Waals surface area contributed by atoms with Crippen LogP contribution < -0.4 is 15.4 Å². The van der Waals surface area contributed by atoms with E-state index in [1.54, 1.807) is 13.2 Å². The van der Waals surface area contributed by atoms with Crippen LogP contribution in [0.2, 0.25) is 0 Å². The van der Waals surface area contributed by atoms with Gasteiger partial charge in [-0.1, -0.05) is 18.2 Å². The van der Waals surface area contributed by atoms with Gasteiger partial charge in [0.2, 0.25) is 0 Å². The summed E-state index contributed by atoms with van der Waals surface area (Å²) < 4.78 is 11.3. The zero-order valence-corrected chi connectivity index (χ0v) is 14.0. The first-order valence-corrected chi connectivity index (χ1v) is 8.34.